The van der Waals surface area contributed by atoms with Crippen LogP contribution < -0.4 is 4.72 Å². The Kier molecular flexibility index (Phi) is 6.82. The molecule has 0 spiro atoms. The molecule has 5 nitrogen and oxygen atoms in total. The number of hydrogen-bond acceptors (Lipinski definition) is 4. The van der Waals surface area contributed by atoms with Gasteiger partial charge in [-0.3, -0.25) is 0 Å². The Morgan fingerprint density at radius 1 is 1.33 bits per heavy atom. The van der Waals surface area contributed by atoms with Crippen LogP contribution in [-0.4, -0.2) is 39.5 Å². The summed E-state index contributed by atoms with van der Waals surface area (Å²) in [7, 11) is -1.49. The largest absolute Gasteiger partial charge is 0.302 e. The van der Waals surface area contributed by atoms with Crippen molar-refractivity contribution in [3.05, 3.63) is 29.8 Å². The Bertz CT molecular complexity index is 576. The van der Waals surface area contributed by atoms with Crippen molar-refractivity contribution in [1.29, 1.82) is 5.26 Å². The average Bonchev–Trinajstić information content (AvgIpc) is 2.47. The highest BCUT2D eigenvalue weighted by Gasteiger charge is 2.14. The van der Waals surface area contributed by atoms with Gasteiger partial charge < -0.3 is 4.90 Å². The number of nitrogens with one attached hydrogen (secondary N) is 1. The van der Waals surface area contributed by atoms with Crippen LogP contribution in [0.2, 0.25) is 0 Å². The van der Waals surface area contributed by atoms with Gasteiger partial charge in [-0.25, -0.2) is 13.1 Å². The molecule has 6 heteroatoms. The van der Waals surface area contributed by atoms with Gasteiger partial charge in [0.2, 0.25) is 10.0 Å². The lowest BCUT2D eigenvalue weighted by atomic mass is 10.2. The van der Waals surface area contributed by atoms with Crippen molar-refractivity contribution in [3.63, 3.8) is 0 Å². The first-order chi connectivity index (χ1) is 9.90. The van der Waals surface area contributed by atoms with Crippen LogP contribution in [-0.2, 0) is 16.4 Å². The SMILES string of the molecule is CCC(C)N(C)CCNS(=O)(=O)c1ccc(CC#N)cc1. The Hall–Kier alpha value is -1.42. The number of rotatable bonds is 8. The second-order valence-electron chi connectivity index (χ2n) is 5.11. The predicted molar refractivity (Wildman–Crippen MR) is 83.3 cm³/mol. The van der Waals surface area contributed by atoms with E-state index in [0.29, 0.717) is 19.1 Å². The van der Waals surface area contributed by atoms with E-state index in [2.05, 4.69) is 23.5 Å². The fourth-order valence-electron chi connectivity index (χ4n) is 1.85. The van der Waals surface area contributed by atoms with E-state index in [0.717, 1.165) is 12.0 Å². The van der Waals surface area contributed by atoms with Gasteiger partial charge in [0.05, 0.1) is 17.4 Å². The molecule has 0 aliphatic carbocycles. The molecule has 1 N–H and O–H groups in total. The van der Waals surface area contributed by atoms with Crippen LogP contribution in [0, 0.1) is 11.3 Å². The van der Waals surface area contributed by atoms with Crippen LogP contribution in [0.15, 0.2) is 29.2 Å². The van der Waals surface area contributed by atoms with Crippen molar-refractivity contribution in [2.45, 2.75) is 37.6 Å². The number of sulfonamides is 1. The molecule has 0 fully saturated rings. The van der Waals surface area contributed by atoms with Crippen LogP contribution >= 0.6 is 0 Å². The molecule has 0 saturated heterocycles. The van der Waals surface area contributed by atoms with Gasteiger partial charge in [-0.2, -0.15) is 5.26 Å². The molecule has 116 valence electrons. The van der Waals surface area contributed by atoms with E-state index in [1.807, 2.05) is 13.1 Å². The first kappa shape index (κ1) is 17.6. The molecular weight excluding hydrogens is 286 g/mol. The van der Waals surface area contributed by atoms with Crippen LogP contribution in [0.5, 0.6) is 0 Å². The Labute approximate surface area is 127 Å². The number of likely N-dealkylation sites (N-methyl/N-ethyl adjacent to an activating group) is 1. The monoisotopic (exact) mass is 309 g/mol. The lowest BCUT2D eigenvalue weighted by molar-refractivity contribution is 0.256. The van der Waals surface area contributed by atoms with Crippen LogP contribution in [0.3, 0.4) is 0 Å². The van der Waals surface area contributed by atoms with Crippen molar-refractivity contribution in [2.75, 3.05) is 20.1 Å². The molecular formula is C15H23N3O2S. The average molecular weight is 309 g/mol. The van der Waals surface area contributed by atoms with E-state index in [-0.39, 0.29) is 11.3 Å². The van der Waals surface area contributed by atoms with Gasteiger partial charge in [-0.05, 0) is 38.1 Å². The topological polar surface area (TPSA) is 73.2 Å². The van der Waals surface area contributed by atoms with Crippen molar-refractivity contribution >= 4 is 10.0 Å². The van der Waals surface area contributed by atoms with Gasteiger partial charge >= 0.3 is 0 Å². The van der Waals surface area contributed by atoms with E-state index in [1.54, 1.807) is 12.1 Å². The lowest BCUT2D eigenvalue weighted by Gasteiger charge is -2.23. The molecule has 0 radical (unpaired) electrons. The maximum atomic E-state index is 12.1. The summed E-state index contributed by atoms with van der Waals surface area (Å²) in [6.07, 6.45) is 1.32. The standard InChI is InChI=1S/C15H23N3O2S/c1-4-13(2)18(3)12-11-17-21(19,20)15-7-5-14(6-8-15)9-10-16/h5-8,13,17H,4,9,11-12H2,1-3H3. The van der Waals surface area contributed by atoms with Crippen molar-refractivity contribution in [2.24, 2.45) is 0 Å². The minimum Gasteiger partial charge on any atom is -0.302 e. The highest BCUT2D eigenvalue weighted by atomic mass is 32.2. The summed E-state index contributed by atoms with van der Waals surface area (Å²) in [5.41, 5.74) is 0.813. The molecule has 1 aromatic carbocycles. The van der Waals surface area contributed by atoms with Crippen molar-refractivity contribution < 1.29 is 8.42 Å². The van der Waals surface area contributed by atoms with E-state index in [9.17, 15) is 8.42 Å². The summed E-state index contributed by atoms with van der Waals surface area (Å²) in [5, 5.41) is 8.60. The van der Waals surface area contributed by atoms with Crippen LogP contribution in [0.1, 0.15) is 25.8 Å². The molecule has 21 heavy (non-hydrogen) atoms. The quantitative estimate of drug-likeness (QED) is 0.794. The van der Waals surface area contributed by atoms with Gasteiger partial charge in [0, 0.05) is 19.1 Å². The highest BCUT2D eigenvalue weighted by molar-refractivity contribution is 7.89. The molecule has 0 saturated carbocycles. The lowest BCUT2D eigenvalue weighted by Crippen LogP contribution is -2.37. The molecule has 1 rings (SSSR count). The molecule has 1 atom stereocenters. The third kappa shape index (κ3) is 5.46. The number of nitriles is 1. The normalized spacial score (nSPS) is 13.1. The Morgan fingerprint density at radius 3 is 2.48 bits per heavy atom. The minimum absolute atomic E-state index is 0.232. The zero-order valence-electron chi connectivity index (χ0n) is 12.8. The number of nitrogens with zero attached hydrogens (tertiary/aromatic N) is 2. The van der Waals surface area contributed by atoms with E-state index < -0.39 is 10.0 Å². The second kappa shape index (κ2) is 8.13. The van der Waals surface area contributed by atoms with Crippen molar-refractivity contribution in [3.8, 4) is 6.07 Å². The first-order valence-electron chi connectivity index (χ1n) is 7.06. The summed E-state index contributed by atoms with van der Waals surface area (Å²) in [4.78, 5) is 2.36. The fourth-order valence-corrected chi connectivity index (χ4v) is 2.87. The first-order valence-corrected chi connectivity index (χ1v) is 8.54. The summed E-state index contributed by atoms with van der Waals surface area (Å²) in [5.74, 6) is 0. The molecule has 0 heterocycles. The molecule has 0 bridgehead atoms. The third-order valence-corrected chi connectivity index (χ3v) is 5.09. The van der Waals surface area contributed by atoms with Gasteiger partial charge in [-0.1, -0.05) is 19.1 Å². The number of hydrogen-bond donors (Lipinski definition) is 1. The van der Waals surface area contributed by atoms with Crippen LogP contribution in [0.4, 0.5) is 0 Å². The van der Waals surface area contributed by atoms with E-state index in [4.69, 9.17) is 5.26 Å². The summed E-state index contributed by atoms with van der Waals surface area (Å²) in [6, 6.07) is 8.87. The van der Waals surface area contributed by atoms with Gasteiger partial charge in [0.15, 0.2) is 0 Å². The molecule has 0 aliphatic rings. The smallest absolute Gasteiger partial charge is 0.240 e. The zero-order chi connectivity index (χ0) is 15.9. The Balaban J connectivity index is 2.59. The second-order valence-corrected chi connectivity index (χ2v) is 6.88. The van der Waals surface area contributed by atoms with Crippen molar-refractivity contribution in [1.82, 2.24) is 9.62 Å². The molecule has 1 aromatic rings. The number of benzene rings is 1. The highest BCUT2D eigenvalue weighted by Crippen LogP contribution is 2.10. The molecule has 1 unspecified atom stereocenters. The zero-order valence-corrected chi connectivity index (χ0v) is 13.7. The molecule has 0 aliphatic heterocycles. The maximum absolute atomic E-state index is 12.1. The summed E-state index contributed by atoms with van der Waals surface area (Å²) in [6.45, 7) is 5.26. The van der Waals surface area contributed by atoms with Gasteiger partial charge in [0.1, 0.15) is 0 Å². The van der Waals surface area contributed by atoms with E-state index in [1.165, 1.54) is 12.1 Å². The Morgan fingerprint density at radius 2 is 1.95 bits per heavy atom. The van der Waals surface area contributed by atoms with E-state index >= 15 is 0 Å². The summed E-state index contributed by atoms with van der Waals surface area (Å²) >= 11 is 0. The van der Waals surface area contributed by atoms with Gasteiger partial charge in [0.25, 0.3) is 0 Å². The predicted octanol–water partition coefficient (Wildman–Crippen LogP) is 1.76. The molecule has 0 amide bonds. The van der Waals surface area contributed by atoms with Crippen LogP contribution in [0.25, 0.3) is 0 Å². The summed E-state index contributed by atoms with van der Waals surface area (Å²) < 4.78 is 26.9. The minimum atomic E-state index is -3.48. The fraction of sp³-hybridized carbons (Fsp3) is 0.533. The maximum Gasteiger partial charge on any atom is 0.240 e. The van der Waals surface area contributed by atoms with Gasteiger partial charge in [-0.15, -0.1) is 0 Å². The molecule has 0 aromatic heterocycles. The third-order valence-electron chi connectivity index (χ3n) is 3.62.